The minimum atomic E-state index is 0.437. The molecule has 0 aliphatic heterocycles. The second-order valence-corrected chi connectivity index (χ2v) is 7.01. The van der Waals surface area contributed by atoms with E-state index < -0.39 is 0 Å². The summed E-state index contributed by atoms with van der Waals surface area (Å²) in [5, 5.41) is 8.19. The highest BCUT2D eigenvalue weighted by molar-refractivity contribution is 6.30. The van der Waals surface area contributed by atoms with E-state index in [4.69, 9.17) is 17.3 Å². The highest BCUT2D eigenvalue weighted by Crippen LogP contribution is 2.18. The first-order chi connectivity index (χ1) is 12.1. The average molecular weight is 361 g/mol. The van der Waals surface area contributed by atoms with Gasteiger partial charge in [0.2, 0.25) is 0 Å². The number of pyridine rings is 1. The SMILES string of the molecule is Cc1ccc(CN=C(N)NC2CCCCCC2)c(-n2cc(Cl)cn2)n1. The maximum atomic E-state index is 6.10. The zero-order valence-electron chi connectivity index (χ0n) is 14.6. The van der Waals surface area contributed by atoms with E-state index in [2.05, 4.69) is 20.4 Å². The molecule has 3 N–H and O–H groups in total. The van der Waals surface area contributed by atoms with Crippen molar-refractivity contribution < 1.29 is 0 Å². The van der Waals surface area contributed by atoms with Gasteiger partial charge < -0.3 is 11.1 Å². The lowest BCUT2D eigenvalue weighted by Gasteiger charge is -2.16. The van der Waals surface area contributed by atoms with Crippen LogP contribution in [-0.2, 0) is 6.54 Å². The lowest BCUT2D eigenvalue weighted by molar-refractivity contribution is 0.530. The van der Waals surface area contributed by atoms with Gasteiger partial charge in [0.1, 0.15) is 0 Å². The van der Waals surface area contributed by atoms with Crippen molar-refractivity contribution in [3.05, 3.63) is 40.8 Å². The van der Waals surface area contributed by atoms with E-state index in [-0.39, 0.29) is 0 Å². The smallest absolute Gasteiger partial charge is 0.189 e. The van der Waals surface area contributed by atoms with E-state index in [0.29, 0.717) is 23.6 Å². The van der Waals surface area contributed by atoms with Crippen molar-refractivity contribution in [2.75, 3.05) is 0 Å². The molecule has 0 bridgehead atoms. The zero-order valence-corrected chi connectivity index (χ0v) is 15.3. The molecule has 2 heterocycles. The number of halogens is 1. The standard InChI is InChI=1S/C18H25ClN6/c1-13-8-9-14(17(23-13)25-12-15(19)11-22-25)10-21-18(20)24-16-6-4-2-3-5-7-16/h8-9,11-12,16H,2-7,10H2,1H3,(H3,20,21,24). The van der Waals surface area contributed by atoms with Crippen LogP contribution in [0.5, 0.6) is 0 Å². The highest BCUT2D eigenvalue weighted by atomic mass is 35.5. The van der Waals surface area contributed by atoms with Crippen LogP contribution in [0.15, 0.2) is 29.5 Å². The number of rotatable bonds is 4. The van der Waals surface area contributed by atoms with E-state index in [1.807, 2.05) is 19.1 Å². The predicted octanol–water partition coefficient (Wildman–Crippen LogP) is 3.36. The number of guanidine groups is 1. The van der Waals surface area contributed by atoms with Crippen molar-refractivity contribution in [3.63, 3.8) is 0 Å². The van der Waals surface area contributed by atoms with E-state index in [1.165, 1.54) is 38.5 Å². The second kappa shape index (κ2) is 8.34. The van der Waals surface area contributed by atoms with Crippen LogP contribution < -0.4 is 11.1 Å². The topological polar surface area (TPSA) is 81.1 Å². The Hall–Kier alpha value is -2.08. The minimum Gasteiger partial charge on any atom is -0.370 e. The quantitative estimate of drug-likeness (QED) is 0.497. The summed E-state index contributed by atoms with van der Waals surface area (Å²) < 4.78 is 1.68. The third-order valence-corrected chi connectivity index (χ3v) is 4.69. The summed E-state index contributed by atoms with van der Waals surface area (Å²) in [7, 11) is 0. The normalized spacial score (nSPS) is 16.6. The molecule has 25 heavy (non-hydrogen) atoms. The summed E-state index contributed by atoms with van der Waals surface area (Å²) in [6.45, 7) is 2.40. The van der Waals surface area contributed by atoms with Crippen LogP contribution in [0.2, 0.25) is 5.02 Å². The fourth-order valence-electron chi connectivity index (χ4n) is 3.16. The van der Waals surface area contributed by atoms with E-state index >= 15 is 0 Å². The number of hydrogen-bond acceptors (Lipinski definition) is 3. The first-order valence-electron chi connectivity index (χ1n) is 8.85. The number of hydrogen-bond donors (Lipinski definition) is 2. The number of nitrogens with one attached hydrogen (secondary N) is 1. The summed E-state index contributed by atoms with van der Waals surface area (Å²) in [5.74, 6) is 1.23. The molecular weight excluding hydrogens is 336 g/mol. The van der Waals surface area contributed by atoms with Crippen LogP contribution in [-0.4, -0.2) is 26.8 Å². The molecule has 1 saturated carbocycles. The fourth-order valence-corrected chi connectivity index (χ4v) is 3.30. The monoisotopic (exact) mass is 360 g/mol. The van der Waals surface area contributed by atoms with Gasteiger partial charge in [0.25, 0.3) is 0 Å². The lowest BCUT2D eigenvalue weighted by atomic mass is 10.1. The molecule has 2 aromatic heterocycles. The largest absolute Gasteiger partial charge is 0.370 e. The Morgan fingerprint density at radius 3 is 2.76 bits per heavy atom. The number of aryl methyl sites for hydroxylation is 1. The minimum absolute atomic E-state index is 0.437. The molecule has 1 aliphatic carbocycles. The van der Waals surface area contributed by atoms with Gasteiger partial charge in [-0.1, -0.05) is 43.4 Å². The van der Waals surface area contributed by atoms with Gasteiger partial charge in [-0.15, -0.1) is 0 Å². The van der Waals surface area contributed by atoms with Gasteiger partial charge >= 0.3 is 0 Å². The van der Waals surface area contributed by atoms with Crippen molar-refractivity contribution in [2.45, 2.75) is 58.0 Å². The van der Waals surface area contributed by atoms with Crippen molar-refractivity contribution in [3.8, 4) is 5.82 Å². The Morgan fingerprint density at radius 1 is 1.32 bits per heavy atom. The number of nitrogens with two attached hydrogens (primary N) is 1. The maximum absolute atomic E-state index is 6.10. The first-order valence-corrected chi connectivity index (χ1v) is 9.23. The molecule has 2 aromatic rings. The number of aromatic nitrogens is 3. The molecule has 0 unspecified atom stereocenters. The second-order valence-electron chi connectivity index (χ2n) is 6.57. The van der Waals surface area contributed by atoms with E-state index in [0.717, 1.165) is 17.1 Å². The molecule has 0 atom stereocenters. The van der Waals surface area contributed by atoms with Crippen LogP contribution in [0.4, 0.5) is 0 Å². The summed E-state index contributed by atoms with van der Waals surface area (Å²) in [6.07, 6.45) is 10.8. The average Bonchev–Trinajstić information content (AvgIpc) is 2.86. The molecule has 0 spiro atoms. The molecule has 6 nitrogen and oxygen atoms in total. The zero-order chi connectivity index (χ0) is 17.6. The number of nitrogens with zero attached hydrogens (tertiary/aromatic N) is 4. The summed E-state index contributed by atoms with van der Waals surface area (Å²) in [6, 6.07) is 4.41. The van der Waals surface area contributed by atoms with Crippen molar-refractivity contribution in [1.29, 1.82) is 0 Å². The van der Waals surface area contributed by atoms with Crippen molar-refractivity contribution >= 4 is 17.6 Å². The van der Waals surface area contributed by atoms with Crippen LogP contribution in [0.1, 0.15) is 49.8 Å². The van der Waals surface area contributed by atoms with E-state index in [9.17, 15) is 0 Å². The molecule has 0 amide bonds. The van der Waals surface area contributed by atoms with Gasteiger partial charge in [-0.05, 0) is 25.8 Å². The van der Waals surface area contributed by atoms with Gasteiger partial charge in [-0.25, -0.2) is 14.7 Å². The summed E-state index contributed by atoms with van der Waals surface area (Å²) in [4.78, 5) is 9.09. The molecule has 0 radical (unpaired) electrons. The molecular formula is C18H25ClN6. The lowest BCUT2D eigenvalue weighted by Crippen LogP contribution is -2.39. The highest BCUT2D eigenvalue weighted by Gasteiger charge is 2.13. The van der Waals surface area contributed by atoms with Gasteiger partial charge in [-0.2, -0.15) is 5.10 Å². The predicted molar refractivity (Wildman–Crippen MR) is 101 cm³/mol. The molecule has 0 aromatic carbocycles. The maximum Gasteiger partial charge on any atom is 0.189 e. The van der Waals surface area contributed by atoms with Crippen LogP contribution in [0.25, 0.3) is 5.82 Å². The van der Waals surface area contributed by atoms with Gasteiger partial charge in [0.15, 0.2) is 11.8 Å². The van der Waals surface area contributed by atoms with Gasteiger partial charge in [0.05, 0.1) is 24.0 Å². The fraction of sp³-hybridized carbons (Fsp3) is 0.500. The first kappa shape index (κ1) is 17.7. The van der Waals surface area contributed by atoms with Crippen LogP contribution >= 0.6 is 11.6 Å². The molecule has 0 saturated heterocycles. The van der Waals surface area contributed by atoms with Crippen LogP contribution in [0.3, 0.4) is 0 Å². The number of aliphatic imine (C=N–C) groups is 1. The Kier molecular flexibility index (Phi) is 5.91. The summed E-state index contributed by atoms with van der Waals surface area (Å²) in [5.41, 5.74) is 7.97. The Labute approximate surface area is 153 Å². The molecule has 7 heteroatoms. The summed E-state index contributed by atoms with van der Waals surface area (Å²) >= 11 is 5.98. The Bertz CT molecular complexity index is 731. The van der Waals surface area contributed by atoms with Gasteiger partial charge in [0, 0.05) is 17.3 Å². The molecule has 1 aliphatic rings. The van der Waals surface area contributed by atoms with Crippen molar-refractivity contribution in [2.24, 2.45) is 10.7 Å². The third-order valence-electron chi connectivity index (χ3n) is 4.49. The van der Waals surface area contributed by atoms with Crippen LogP contribution in [0, 0.1) is 6.92 Å². The molecule has 1 fully saturated rings. The van der Waals surface area contributed by atoms with Crippen molar-refractivity contribution in [1.82, 2.24) is 20.1 Å². The Balaban J connectivity index is 1.71. The third kappa shape index (κ3) is 4.95. The van der Waals surface area contributed by atoms with Gasteiger partial charge in [-0.3, -0.25) is 0 Å². The Morgan fingerprint density at radius 2 is 2.08 bits per heavy atom. The van der Waals surface area contributed by atoms with E-state index in [1.54, 1.807) is 17.1 Å². The molecule has 134 valence electrons. The molecule has 3 rings (SSSR count).